The number of benzene rings is 1. The number of aromatic nitrogens is 1. The Morgan fingerprint density at radius 1 is 1.32 bits per heavy atom. The molecule has 3 N–H and O–H groups in total. The number of hydrogen-bond donors (Lipinski definition) is 2. The number of hydrazine groups is 1. The fourth-order valence-electron chi connectivity index (χ4n) is 4.01. The molecule has 4 rings (SSSR count). The van der Waals surface area contributed by atoms with Crippen LogP contribution in [-0.2, 0) is 6.54 Å². The van der Waals surface area contributed by atoms with Crippen molar-refractivity contribution in [2.75, 3.05) is 0 Å². The van der Waals surface area contributed by atoms with Crippen LogP contribution >= 0.6 is 0 Å². The average Bonchev–Trinajstić information content (AvgIpc) is 3.29. The normalized spacial score (nSPS) is 22.8. The van der Waals surface area contributed by atoms with Gasteiger partial charge in [-0.15, -0.1) is 0 Å². The molecule has 0 spiro atoms. The third kappa shape index (κ3) is 2.70. The van der Waals surface area contributed by atoms with Crippen LogP contribution in [0.2, 0.25) is 0 Å². The largest absolute Gasteiger partial charge is 0.449 e. The van der Waals surface area contributed by atoms with Crippen molar-refractivity contribution >= 4 is 11.8 Å². The number of nitrogens with two attached hydrogens (primary N) is 1. The van der Waals surface area contributed by atoms with E-state index in [1.54, 1.807) is 24.6 Å². The second-order valence-corrected chi connectivity index (χ2v) is 6.61. The lowest BCUT2D eigenvalue weighted by molar-refractivity contribution is 0.0610. The zero-order valence-corrected chi connectivity index (χ0v) is 13.8. The number of carbonyl (C=O) groups excluding carboxylic acids is 2. The third-order valence-corrected chi connectivity index (χ3v) is 5.23. The van der Waals surface area contributed by atoms with Crippen molar-refractivity contribution < 1.29 is 14.0 Å². The summed E-state index contributed by atoms with van der Waals surface area (Å²) in [5.41, 5.74) is 4.02. The van der Waals surface area contributed by atoms with Gasteiger partial charge in [-0.2, -0.15) is 0 Å². The van der Waals surface area contributed by atoms with Crippen LogP contribution in [0, 0.1) is 0 Å². The van der Waals surface area contributed by atoms with E-state index in [-0.39, 0.29) is 17.9 Å². The maximum atomic E-state index is 13.0. The van der Waals surface area contributed by atoms with E-state index in [0.717, 1.165) is 31.2 Å². The van der Waals surface area contributed by atoms with Crippen molar-refractivity contribution in [3.8, 4) is 0 Å². The lowest BCUT2D eigenvalue weighted by atomic mass is 9.83. The molecule has 130 valence electrons. The van der Waals surface area contributed by atoms with Gasteiger partial charge < -0.3 is 9.32 Å². The Morgan fingerprint density at radius 3 is 2.92 bits per heavy atom. The monoisotopic (exact) mass is 340 g/mol. The van der Waals surface area contributed by atoms with Crippen LogP contribution in [0.25, 0.3) is 0 Å². The molecule has 0 bridgehead atoms. The predicted octanol–water partition coefficient (Wildman–Crippen LogP) is 1.96. The van der Waals surface area contributed by atoms with Crippen molar-refractivity contribution in [2.45, 2.75) is 44.2 Å². The van der Waals surface area contributed by atoms with E-state index >= 15 is 0 Å². The van der Waals surface area contributed by atoms with Crippen molar-refractivity contribution in [2.24, 2.45) is 5.84 Å². The number of amides is 2. The smallest absolute Gasteiger partial charge is 0.265 e. The molecule has 1 aliphatic heterocycles. The molecule has 2 atom stereocenters. The molecule has 0 saturated heterocycles. The lowest BCUT2D eigenvalue weighted by Crippen LogP contribution is -2.41. The minimum Gasteiger partial charge on any atom is -0.449 e. The van der Waals surface area contributed by atoms with E-state index < -0.39 is 5.91 Å². The summed E-state index contributed by atoms with van der Waals surface area (Å²) in [6, 6.07) is 5.23. The standard InChI is InChI=1S/C18H20N4O3/c19-21-16(23)11-5-6-12-10-22(18(24)14(12)9-11)15-4-2-1-3-13(15)17-20-7-8-25-17/h5-9,13,15H,1-4,10,19H2,(H,21,23). The molecule has 0 radical (unpaired) electrons. The van der Waals surface area contributed by atoms with E-state index in [4.69, 9.17) is 10.3 Å². The predicted molar refractivity (Wildman–Crippen MR) is 89.5 cm³/mol. The number of fused-ring (bicyclic) bond motifs is 1. The summed E-state index contributed by atoms with van der Waals surface area (Å²) < 4.78 is 5.52. The number of hydrogen-bond acceptors (Lipinski definition) is 5. The third-order valence-electron chi connectivity index (χ3n) is 5.23. The fourth-order valence-corrected chi connectivity index (χ4v) is 4.01. The maximum absolute atomic E-state index is 13.0. The molecule has 7 nitrogen and oxygen atoms in total. The van der Waals surface area contributed by atoms with Gasteiger partial charge in [0.15, 0.2) is 5.89 Å². The summed E-state index contributed by atoms with van der Waals surface area (Å²) in [5, 5.41) is 0. The van der Waals surface area contributed by atoms with Crippen LogP contribution in [0.5, 0.6) is 0 Å². The van der Waals surface area contributed by atoms with Gasteiger partial charge in [-0.05, 0) is 30.5 Å². The van der Waals surface area contributed by atoms with E-state index in [2.05, 4.69) is 10.4 Å². The van der Waals surface area contributed by atoms with Crippen LogP contribution in [0.4, 0.5) is 0 Å². The van der Waals surface area contributed by atoms with E-state index in [1.807, 2.05) is 11.0 Å². The summed E-state index contributed by atoms with van der Waals surface area (Å²) >= 11 is 0. The zero-order valence-electron chi connectivity index (χ0n) is 13.8. The summed E-state index contributed by atoms with van der Waals surface area (Å²) in [6.45, 7) is 0.556. The highest BCUT2D eigenvalue weighted by molar-refractivity contribution is 6.02. The molecule has 1 aromatic carbocycles. The van der Waals surface area contributed by atoms with Gasteiger partial charge in [0, 0.05) is 23.7 Å². The van der Waals surface area contributed by atoms with Gasteiger partial charge in [0.1, 0.15) is 6.26 Å². The minimum absolute atomic E-state index is 0.0369. The van der Waals surface area contributed by atoms with Crippen LogP contribution in [0.1, 0.15) is 63.8 Å². The second kappa shape index (κ2) is 6.33. The van der Waals surface area contributed by atoms with Gasteiger partial charge in [0.2, 0.25) is 0 Å². The Kier molecular flexibility index (Phi) is 4.01. The van der Waals surface area contributed by atoms with Gasteiger partial charge >= 0.3 is 0 Å². The van der Waals surface area contributed by atoms with Gasteiger partial charge in [-0.1, -0.05) is 18.9 Å². The maximum Gasteiger partial charge on any atom is 0.265 e. The summed E-state index contributed by atoms with van der Waals surface area (Å²) in [6.07, 6.45) is 7.33. The molecular formula is C18H20N4O3. The molecular weight excluding hydrogens is 320 g/mol. The number of oxazole rings is 1. The molecule has 2 heterocycles. The SMILES string of the molecule is NNC(=O)c1ccc2c(c1)C(=O)N(C1CCCCC1c1ncco1)C2. The Hall–Kier alpha value is -2.67. The van der Waals surface area contributed by atoms with Crippen molar-refractivity contribution in [3.63, 3.8) is 0 Å². The quantitative estimate of drug-likeness (QED) is 0.505. The lowest BCUT2D eigenvalue weighted by Gasteiger charge is -2.36. The molecule has 2 unspecified atom stereocenters. The van der Waals surface area contributed by atoms with Gasteiger partial charge in [-0.3, -0.25) is 15.0 Å². The number of nitrogens with one attached hydrogen (secondary N) is 1. The summed E-state index contributed by atoms with van der Waals surface area (Å²) in [7, 11) is 0. The number of nitrogen functional groups attached to an aromatic ring is 1. The van der Waals surface area contributed by atoms with Crippen LogP contribution in [0.15, 0.2) is 35.1 Å². The van der Waals surface area contributed by atoms with Crippen LogP contribution in [-0.4, -0.2) is 27.7 Å². The van der Waals surface area contributed by atoms with Crippen LogP contribution in [0.3, 0.4) is 0 Å². The molecule has 1 aromatic heterocycles. The fraction of sp³-hybridized carbons (Fsp3) is 0.389. The highest BCUT2D eigenvalue weighted by Gasteiger charge is 2.40. The van der Waals surface area contributed by atoms with Crippen molar-refractivity contribution in [3.05, 3.63) is 53.2 Å². The van der Waals surface area contributed by atoms with E-state index in [0.29, 0.717) is 23.6 Å². The first-order valence-electron chi connectivity index (χ1n) is 8.53. The second-order valence-electron chi connectivity index (χ2n) is 6.61. The average molecular weight is 340 g/mol. The van der Waals surface area contributed by atoms with Crippen molar-refractivity contribution in [1.82, 2.24) is 15.3 Å². The zero-order chi connectivity index (χ0) is 17.4. The van der Waals surface area contributed by atoms with Crippen LogP contribution < -0.4 is 11.3 Å². The first-order valence-corrected chi connectivity index (χ1v) is 8.53. The van der Waals surface area contributed by atoms with Gasteiger partial charge in [-0.25, -0.2) is 10.8 Å². The molecule has 1 fully saturated rings. The summed E-state index contributed by atoms with van der Waals surface area (Å²) in [4.78, 5) is 30.9. The van der Waals surface area contributed by atoms with Gasteiger partial charge in [0.25, 0.3) is 11.8 Å². The number of carbonyl (C=O) groups is 2. The Balaban J connectivity index is 1.63. The first kappa shape index (κ1) is 15.8. The molecule has 2 aliphatic rings. The molecule has 2 aromatic rings. The molecule has 1 saturated carbocycles. The highest BCUT2D eigenvalue weighted by atomic mass is 16.3. The first-order chi connectivity index (χ1) is 12.2. The number of nitrogens with zero attached hydrogens (tertiary/aromatic N) is 2. The van der Waals surface area contributed by atoms with Crippen molar-refractivity contribution in [1.29, 1.82) is 0 Å². The Bertz CT molecular complexity index is 803. The molecule has 7 heteroatoms. The number of rotatable bonds is 3. The topological polar surface area (TPSA) is 101 Å². The molecule has 25 heavy (non-hydrogen) atoms. The Morgan fingerprint density at radius 2 is 2.16 bits per heavy atom. The summed E-state index contributed by atoms with van der Waals surface area (Å²) in [5.74, 6) is 5.58. The molecule has 2 amide bonds. The van der Waals surface area contributed by atoms with Gasteiger partial charge in [0.05, 0.1) is 12.1 Å². The molecule has 1 aliphatic carbocycles. The minimum atomic E-state index is -0.399. The highest BCUT2D eigenvalue weighted by Crippen LogP contribution is 2.39. The Labute approximate surface area is 145 Å². The van der Waals surface area contributed by atoms with E-state index in [1.165, 1.54) is 0 Å². The van der Waals surface area contributed by atoms with E-state index in [9.17, 15) is 9.59 Å².